The van der Waals surface area contributed by atoms with Gasteiger partial charge in [0.05, 0.1) is 5.52 Å². The number of nitrogens with zero attached hydrogens (tertiary/aromatic N) is 2. The van der Waals surface area contributed by atoms with Crippen LogP contribution in [0.1, 0.15) is 23.2 Å². The number of ether oxygens (including phenoxy) is 1. The molecule has 0 atom stereocenters. The summed E-state index contributed by atoms with van der Waals surface area (Å²) in [7, 11) is 0. The van der Waals surface area contributed by atoms with E-state index < -0.39 is 29.0 Å². The van der Waals surface area contributed by atoms with E-state index in [1.165, 1.54) is 29.2 Å². The third kappa shape index (κ3) is 4.11. The van der Waals surface area contributed by atoms with E-state index in [9.17, 15) is 18.8 Å². The minimum atomic E-state index is -1.27. The normalized spacial score (nSPS) is 13.7. The summed E-state index contributed by atoms with van der Waals surface area (Å²) in [6.07, 6.45) is 2.31. The monoisotopic (exact) mass is 484 g/mol. The number of anilines is 2. The van der Waals surface area contributed by atoms with E-state index in [4.69, 9.17) is 16.2 Å². The van der Waals surface area contributed by atoms with Gasteiger partial charge in [0.25, 0.3) is 0 Å². The van der Waals surface area contributed by atoms with Crippen LogP contribution in [0.25, 0.3) is 10.9 Å². The molecular formula is C27H21FN4O4. The van der Waals surface area contributed by atoms with Gasteiger partial charge in [-0.1, -0.05) is 0 Å². The van der Waals surface area contributed by atoms with E-state index in [-0.39, 0.29) is 0 Å². The molecule has 4 N–H and O–H groups in total. The van der Waals surface area contributed by atoms with Crippen LogP contribution < -0.4 is 21.1 Å². The highest BCUT2D eigenvalue weighted by molar-refractivity contribution is 6.16. The molecule has 1 saturated carbocycles. The third-order valence-corrected chi connectivity index (χ3v) is 6.23. The fraction of sp³-hybridized carbons (Fsp3) is 0.111. The summed E-state index contributed by atoms with van der Waals surface area (Å²) in [5.74, 6) is -1.24. The molecule has 180 valence electrons. The lowest BCUT2D eigenvalue weighted by Gasteiger charge is -2.26. The van der Waals surface area contributed by atoms with Crippen molar-refractivity contribution in [3.05, 3.63) is 90.4 Å². The largest absolute Gasteiger partial charge is 0.457 e. The van der Waals surface area contributed by atoms with Gasteiger partial charge in [-0.25, -0.2) is 4.39 Å². The second-order valence-corrected chi connectivity index (χ2v) is 8.56. The number of hydrogen-bond acceptors (Lipinski definition) is 5. The topological polar surface area (TPSA) is 129 Å². The Morgan fingerprint density at radius 3 is 2.11 bits per heavy atom. The molecule has 1 aliphatic rings. The zero-order chi connectivity index (χ0) is 25.4. The number of pyridine rings is 1. The summed E-state index contributed by atoms with van der Waals surface area (Å²) in [5.41, 5.74) is 11.5. The quantitative estimate of drug-likeness (QED) is 0.380. The summed E-state index contributed by atoms with van der Waals surface area (Å²) >= 11 is 0. The van der Waals surface area contributed by atoms with Gasteiger partial charge in [0, 0.05) is 28.5 Å². The number of amides is 3. The number of carbonyl (C=O) groups excluding carboxylic acids is 3. The van der Waals surface area contributed by atoms with Crippen molar-refractivity contribution in [2.24, 2.45) is 16.9 Å². The highest BCUT2D eigenvalue weighted by atomic mass is 19.1. The summed E-state index contributed by atoms with van der Waals surface area (Å²) in [4.78, 5) is 42.7. The van der Waals surface area contributed by atoms with Crippen molar-refractivity contribution < 1.29 is 23.5 Å². The van der Waals surface area contributed by atoms with Crippen molar-refractivity contribution in [3.63, 3.8) is 0 Å². The van der Waals surface area contributed by atoms with Gasteiger partial charge in [-0.2, -0.15) is 0 Å². The molecule has 0 saturated heterocycles. The maximum absolute atomic E-state index is 13.5. The summed E-state index contributed by atoms with van der Waals surface area (Å²) in [5, 5.41) is 0.609. The van der Waals surface area contributed by atoms with Gasteiger partial charge in [0.2, 0.25) is 17.7 Å². The van der Waals surface area contributed by atoms with Crippen LogP contribution in [-0.2, 0) is 9.59 Å². The van der Waals surface area contributed by atoms with Crippen LogP contribution in [0, 0.1) is 11.2 Å². The Labute approximate surface area is 205 Å². The molecule has 1 aliphatic carbocycles. The average molecular weight is 484 g/mol. The fourth-order valence-electron chi connectivity index (χ4n) is 4.03. The third-order valence-electron chi connectivity index (χ3n) is 6.23. The molecule has 1 fully saturated rings. The van der Waals surface area contributed by atoms with Crippen molar-refractivity contribution in [2.45, 2.75) is 12.8 Å². The molecular weight excluding hydrogens is 463 g/mol. The number of nitrogens with two attached hydrogens (primary N) is 2. The maximum Gasteiger partial charge on any atom is 0.248 e. The minimum Gasteiger partial charge on any atom is -0.457 e. The molecule has 1 aromatic heterocycles. The molecule has 0 bridgehead atoms. The Balaban J connectivity index is 1.48. The molecule has 3 aromatic carbocycles. The maximum atomic E-state index is 13.5. The Bertz CT molecular complexity index is 1500. The molecule has 0 radical (unpaired) electrons. The average Bonchev–Trinajstić information content (AvgIpc) is 3.69. The van der Waals surface area contributed by atoms with Crippen molar-refractivity contribution >= 4 is 40.0 Å². The van der Waals surface area contributed by atoms with E-state index >= 15 is 0 Å². The first-order valence-electron chi connectivity index (χ1n) is 11.1. The number of carbonyl (C=O) groups is 3. The second-order valence-electron chi connectivity index (χ2n) is 8.56. The zero-order valence-corrected chi connectivity index (χ0v) is 19.0. The summed E-state index contributed by atoms with van der Waals surface area (Å²) in [6.45, 7) is 0. The van der Waals surface area contributed by atoms with E-state index in [0.29, 0.717) is 52.2 Å². The number of aromatic nitrogens is 1. The lowest BCUT2D eigenvalue weighted by molar-refractivity contribution is -0.133. The Morgan fingerprint density at radius 1 is 0.889 bits per heavy atom. The second kappa shape index (κ2) is 8.77. The smallest absolute Gasteiger partial charge is 0.248 e. The highest BCUT2D eigenvalue weighted by Crippen LogP contribution is 2.49. The molecule has 0 aliphatic heterocycles. The summed E-state index contributed by atoms with van der Waals surface area (Å²) < 4.78 is 19.6. The first-order valence-corrected chi connectivity index (χ1v) is 11.1. The number of rotatable bonds is 7. The number of benzene rings is 3. The van der Waals surface area contributed by atoms with Crippen LogP contribution in [0.3, 0.4) is 0 Å². The highest BCUT2D eigenvalue weighted by Gasteiger charge is 2.57. The van der Waals surface area contributed by atoms with Crippen LogP contribution in [-0.4, -0.2) is 22.7 Å². The molecule has 4 aromatic rings. The van der Waals surface area contributed by atoms with Gasteiger partial charge in [-0.05, 0) is 85.6 Å². The predicted molar refractivity (Wildman–Crippen MR) is 131 cm³/mol. The molecule has 5 rings (SSSR count). The van der Waals surface area contributed by atoms with Gasteiger partial charge < -0.3 is 16.2 Å². The Morgan fingerprint density at radius 2 is 1.53 bits per heavy atom. The van der Waals surface area contributed by atoms with Crippen LogP contribution in [0.2, 0.25) is 0 Å². The molecule has 0 unspecified atom stereocenters. The number of hydrogen-bond donors (Lipinski definition) is 2. The Kier molecular flexibility index (Phi) is 5.60. The van der Waals surface area contributed by atoms with E-state index in [2.05, 4.69) is 4.98 Å². The van der Waals surface area contributed by atoms with Crippen molar-refractivity contribution in [3.8, 4) is 11.5 Å². The van der Waals surface area contributed by atoms with Crippen molar-refractivity contribution in [1.82, 2.24) is 4.98 Å². The molecule has 1 heterocycles. The molecule has 8 nitrogen and oxygen atoms in total. The Hall–Kier alpha value is -4.79. The lowest BCUT2D eigenvalue weighted by Crippen LogP contribution is -2.41. The number of halogens is 1. The van der Waals surface area contributed by atoms with Crippen molar-refractivity contribution in [1.29, 1.82) is 0 Å². The lowest BCUT2D eigenvalue weighted by atomic mass is 10.0. The standard InChI is InChI=1S/C27H21FN4O4/c28-17-2-4-18(5-3-17)32(26(35)27(12-13-27)25(30)34)19-6-8-20(9-7-19)36-23-11-14-31-22-10-1-16(24(29)33)15-21(22)23/h1-11,14-15H,12-13H2,(H2,29,33)(H2,30,34). The van der Waals surface area contributed by atoms with Crippen LogP contribution >= 0.6 is 0 Å². The number of fused-ring (bicyclic) bond motifs is 1. The first kappa shape index (κ1) is 23.0. The van der Waals surface area contributed by atoms with Gasteiger partial charge in [0.15, 0.2) is 0 Å². The van der Waals surface area contributed by atoms with Crippen LogP contribution in [0.5, 0.6) is 11.5 Å². The van der Waals surface area contributed by atoms with Gasteiger partial charge in [-0.15, -0.1) is 0 Å². The van der Waals surface area contributed by atoms with Crippen LogP contribution in [0.15, 0.2) is 79.0 Å². The zero-order valence-electron chi connectivity index (χ0n) is 19.0. The van der Waals surface area contributed by atoms with Gasteiger partial charge in [0.1, 0.15) is 22.7 Å². The van der Waals surface area contributed by atoms with E-state index in [1.807, 2.05) is 0 Å². The molecule has 36 heavy (non-hydrogen) atoms. The predicted octanol–water partition coefficient (Wildman–Crippen LogP) is 4.20. The number of primary amides is 2. The van der Waals surface area contributed by atoms with Gasteiger partial charge in [-0.3, -0.25) is 24.3 Å². The van der Waals surface area contributed by atoms with Crippen molar-refractivity contribution in [2.75, 3.05) is 4.90 Å². The molecule has 9 heteroatoms. The van der Waals surface area contributed by atoms with Crippen LogP contribution in [0.4, 0.5) is 15.8 Å². The minimum absolute atomic E-state index is 0.326. The van der Waals surface area contributed by atoms with E-state index in [0.717, 1.165) is 0 Å². The van der Waals surface area contributed by atoms with E-state index in [1.54, 1.807) is 54.7 Å². The fourth-order valence-corrected chi connectivity index (χ4v) is 4.03. The first-order chi connectivity index (χ1) is 17.3. The van der Waals surface area contributed by atoms with Gasteiger partial charge >= 0.3 is 0 Å². The molecule has 3 amide bonds. The summed E-state index contributed by atoms with van der Waals surface area (Å²) in [6, 6.07) is 18.6. The SMILES string of the molecule is NC(=O)c1ccc2nccc(Oc3ccc(N(C(=O)C4(C(N)=O)CC4)c4ccc(F)cc4)cc3)c2c1. The molecule has 0 spiro atoms.